The molecule has 0 aliphatic carbocycles. The average molecular weight is 293 g/mol. The SMILES string of the molecule is CCCCCCC(C)C(C(=O)O)c1cc(OC)ccc1N. The molecule has 0 saturated carbocycles. The summed E-state index contributed by atoms with van der Waals surface area (Å²) in [5, 5.41) is 9.59. The Hall–Kier alpha value is -1.71. The number of methoxy groups -OCH3 is 1. The van der Waals surface area contributed by atoms with Crippen molar-refractivity contribution in [3.05, 3.63) is 23.8 Å². The van der Waals surface area contributed by atoms with Crippen LogP contribution in [0.2, 0.25) is 0 Å². The fourth-order valence-corrected chi connectivity index (χ4v) is 2.69. The number of carboxylic acids is 1. The molecule has 0 fully saturated rings. The highest BCUT2D eigenvalue weighted by molar-refractivity contribution is 5.79. The number of hydrogen-bond donors (Lipinski definition) is 2. The van der Waals surface area contributed by atoms with E-state index in [1.807, 2.05) is 6.92 Å². The van der Waals surface area contributed by atoms with Crippen LogP contribution in [-0.4, -0.2) is 18.2 Å². The molecule has 3 N–H and O–H groups in total. The molecule has 0 bridgehead atoms. The molecular weight excluding hydrogens is 266 g/mol. The van der Waals surface area contributed by atoms with Crippen LogP contribution in [0.1, 0.15) is 57.4 Å². The van der Waals surface area contributed by atoms with Crippen LogP contribution in [0.4, 0.5) is 5.69 Å². The second-order valence-corrected chi connectivity index (χ2v) is 5.64. The van der Waals surface area contributed by atoms with E-state index in [1.165, 1.54) is 12.8 Å². The molecule has 0 spiro atoms. The molecule has 0 aromatic heterocycles. The molecule has 1 rings (SSSR count). The fourth-order valence-electron chi connectivity index (χ4n) is 2.69. The lowest BCUT2D eigenvalue weighted by atomic mass is 9.83. The zero-order valence-corrected chi connectivity index (χ0v) is 13.3. The number of hydrogen-bond acceptors (Lipinski definition) is 3. The number of nitrogens with two attached hydrogens (primary N) is 1. The first-order chi connectivity index (χ1) is 10.0. The first-order valence-electron chi connectivity index (χ1n) is 7.67. The predicted molar refractivity (Wildman–Crippen MR) is 85.7 cm³/mol. The van der Waals surface area contributed by atoms with Gasteiger partial charge in [-0.15, -0.1) is 0 Å². The van der Waals surface area contributed by atoms with E-state index in [2.05, 4.69) is 6.92 Å². The van der Waals surface area contributed by atoms with Crippen molar-refractivity contribution in [3.8, 4) is 5.75 Å². The van der Waals surface area contributed by atoms with Crippen LogP contribution in [0.5, 0.6) is 5.75 Å². The van der Waals surface area contributed by atoms with Gasteiger partial charge in [0.1, 0.15) is 5.75 Å². The number of unbranched alkanes of at least 4 members (excludes halogenated alkanes) is 3. The van der Waals surface area contributed by atoms with Gasteiger partial charge in [0.2, 0.25) is 0 Å². The molecule has 118 valence electrons. The molecule has 2 atom stereocenters. The molecule has 0 radical (unpaired) electrons. The van der Waals surface area contributed by atoms with E-state index in [1.54, 1.807) is 25.3 Å². The fraction of sp³-hybridized carbons (Fsp3) is 0.588. The zero-order chi connectivity index (χ0) is 15.8. The number of nitrogen functional groups attached to an aromatic ring is 1. The molecule has 4 nitrogen and oxygen atoms in total. The van der Waals surface area contributed by atoms with Gasteiger partial charge in [0.15, 0.2) is 0 Å². The molecule has 1 aromatic rings. The van der Waals surface area contributed by atoms with Crippen LogP contribution < -0.4 is 10.5 Å². The molecule has 2 unspecified atom stereocenters. The molecule has 0 saturated heterocycles. The maximum atomic E-state index is 11.7. The Morgan fingerprint density at radius 2 is 2.05 bits per heavy atom. The van der Waals surface area contributed by atoms with Gasteiger partial charge >= 0.3 is 5.97 Å². The number of ether oxygens (including phenoxy) is 1. The third kappa shape index (κ3) is 4.96. The normalized spacial score (nSPS) is 13.7. The predicted octanol–water partition coefficient (Wildman–Crippen LogP) is 4.05. The number of benzene rings is 1. The Morgan fingerprint density at radius 1 is 1.33 bits per heavy atom. The number of carbonyl (C=O) groups is 1. The second-order valence-electron chi connectivity index (χ2n) is 5.64. The monoisotopic (exact) mass is 293 g/mol. The van der Waals surface area contributed by atoms with Crippen molar-refractivity contribution in [3.63, 3.8) is 0 Å². The number of rotatable bonds is 9. The summed E-state index contributed by atoms with van der Waals surface area (Å²) >= 11 is 0. The Labute approximate surface area is 127 Å². The third-order valence-corrected chi connectivity index (χ3v) is 3.98. The largest absolute Gasteiger partial charge is 0.497 e. The van der Waals surface area contributed by atoms with Crippen LogP contribution in [0.15, 0.2) is 18.2 Å². The Bertz CT molecular complexity index is 459. The number of aliphatic carboxylic acids is 1. The summed E-state index contributed by atoms with van der Waals surface area (Å²) in [6.45, 7) is 4.16. The summed E-state index contributed by atoms with van der Waals surface area (Å²) in [4.78, 5) is 11.7. The maximum Gasteiger partial charge on any atom is 0.311 e. The molecule has 1 aromatic carbocycles. The van der Waals surface area contributed by atoms with E-state index < -0.39 is 11.9 Å². The van der Waals surface area contributed by atoms with E-state index in [9.17, 15) is 9.90 Å². The summed E-state index contributed by atoms with van der Waals surface area (Å²) in [6, 6.07) is 5.22. The van der Waals surface area contributed by atoms with Crippen LogP contribution in [0.25, 0.3) is 0 Å². The molecule has 0 aliphatic heterocycles. The van der Waals surface area contributed by atoms with Crippen molar-refractivity contribution in [1.82, 2.24) is 0 Å². The molecular formula is C17H27NO3. The lowest BCUT2D eigenvalue weighted by Gasteiger charge is -2.22. The molecule has 0 heterocycles. The van der Waals surface area contributed by atoms with E-state index in [0.717, 1.165) is 19.3 Å². The minimum Gasteiger partial charge on any atom is -0.497 e. The van der Waals surface area contributed by atoms with E-state index in [4.69, 9.17) is 10.5 Å². The van der Waals surface area contributed by atoms with Crippen LogP contribution in [0, 0.1) is 5.92 Å². The van der Waals surface area contributed by atoms with Crippen LogP contribution in [0.3, 0.4) is 0 Å². The summed E-state index contributed by atoms with van der Waals surface area (Å²) < 4.78 is 5.18. The van der Waals surface area contributed by atoms with Gasteiger partial charge in [0, 0.05) is 5.69 Å². The Balaban J connectivity index is 2.88. The van der Waals surface area contributed by atoms with E-state index in [0.29, 0.717) is 17.0 Å². The lowest BCUT2D eigenvalue weighted by molar-refractivity contribution is -0.140. The third-order valence-electron chi connectivity index (χ3n) is 3.98. The Morgan fingerprint density at radius 3 is 2.62 bits per heavy atom. The minimum atomic E-state index is -0.821. The Kier molecular flexibility index (Phi) is 7.06. The lowest BCUT2D eigenvalue weighted by Crippen LogP contribution is -2.21. The molecule has 0 aliphatic rings. The summed E-state index contributed by atoms with van der Waals surface area (Å²) in [5.41, 5.74) is 7.15. The first-order valence-corrected chi connectivity index (χ1v) is 7.67. The highest BCUT2D eigenvalue weighted by Crippen LogP contribution is 2.34. The van der Waals surface area contributed by atoms with Gasteiger partial charge in [-0.3, -0.25) is 4.79 Å². The highest BCUT2D eigenvalue weighted by atomic mass is 16.5. The van der Waals surface area contributed by atoms with Crippen molar-refractivity contribution in [2.75, 3.05) is 12.8 Å². The zero-order valence-electron chi connectivity index (χ0n) is 13.3. The minimum absolute atomic E-state index is 0.0498. The van der Waals surface area contributed by atoms with Gasteiger partial charge in [-0.2, -0.15) is 0 Å². The van der Waals surface area contributed by atoms with Gasteiger partial charge in [0.05, 0.1) is 13.0 Å². The molecule has 4 heteroatoms. The number of anilines is 1. The summed E-state index contributed by atoms with van der Waals surface area (Å²) in [5.74, 6) is -0.711. The molecule has 0 amide bonds. The van der Waals surface area contributed by atoms with Crippen molar-refractivity contribution < 1.29 is 14.6 Å². The highest BCUT2D eigenvalue weighted by Gasteiger charge is 2.28. The van der Waals surface area contributed by atoms with Gasteiger partial charge in [-0.05, 0) is 36.1 Å². The summed E-state index contributed by atoms with van der Waals surface area (Å²) in [7, 11) is 1.57. The first kappa shape index (κ1) is 17.3. The average Bonchev–Trinajstić information content (AvgIpc) is 2.45. The van der Waals surface area contributed by atoms with Crippen molar-refractivity contribution in [1.29, 1.82) is 0 Å². The van der Waals surface area contributed by atoms with Crippen molar-refractivity contribution in [2.45, 2.75) is 51.9 Å². The van der Waals surface area contributed by atoms with Gasteiger partial charge < -0.3 is 15.6 Å². The topological polar surface area (TPSA) is 72.5 Å². The van der Waals surface area contributed by atoms with Crippen molar-refractivity contribution in [2.24, 2.45) is 5.92 Å². The van der Waals surface area contributed by atoms with E-state index >= 15 is 0 Å². The van der Waals surface area contributed by atoms with Crippen molar-refractivity contribution >= 4 is 11.7 Å². The van der Waals surface area contributed by atoms with Gasteiger partial charge in [0.25, 0.3) is 0 Å². The maximum absolute atomic E-state index is 11.7. The second kappa shape index (κ2) is 8.55. The number of carboxylic acid groups (broad SMARTS) is 1. The summed E-state index contributed by atoms with van der Waals surface area (Å²) in [6.07, 6.45) is 5.49. The molecule has 21 heavy (non-hydrogen) atoms. The van der Waals surface area contributed by atoms with Crippen LogP contribution >= 0.6 is 0 Å². The van der Waals surface area contributed by atoms with Gasteiger partial charge in [-0.1, -0.05) is 39.5 Å². The standard InChI is InChI=1S/C17H27NO3/c1-4-5-6-7-8-12(2)16(17(19)20)14-11-13(21-3)9-10-15(14)18/h9-12,16H,4-8,18H2,1-3H3,(H,19,20). The quantitative estimate of drug-likeness (QED) is 0.532. The van der Waals surface area contributed by atoms with E-state index in [-0.39, 0.29) is 5.92 Å². The van der Waals surface area contributed by atoms with Gasteiger partial charge in [-0.25, -0.2) is 0 Å². The van der Waals surface area contributed by atoms with Crippen LogP contribution in [-0.2, 0) is 4.79 Å². The smallest absolute Gasteiger partial charge is 0.311 e.